The molecule has 1 aliphatic rings. The molecule has 0 saturated carbocycles. The van der Waals surface area contributed by atoms with Crippen LogP contribution < -0.4 is 5.32 Å². The minimum Gasteiger partial charge on any atom is -0.393 e. The monoisotopic (exact) mass is 325 g/mol. The molecule has 126 valence electrons. The van der Waals surface area contributed by atoms with Crippen LogP contribution in [-0.2, 0) is 6.42 Å². The van der Waals surface area contributed by atoms with E-state index in [0.717, 1.165) is 44.6 Å². The molecule has 24 heavy (non-hydrogen) atoms. The van der Waals surface area contributed by atoms with Crippen molar-refractivity contribution in [1.29, 1.82) is 0 Å². The van der Waals surface area contributed by atoms with E-state index in [1.807, 2.05) is 24.3 Å². The van der Waals surface area contributed by atoms with E-state index < -0.39 is 0 Å². The third-order valence-corrected chi connectivity index (χ3v) is 4.38. The molecule has 1 saturated heterocycles. The molecule has 1 aliphatic heterocycles. The second kappa shape index (κ2) is 8.04. The normalized spacial score (nSPS) is 16.0. The summed E-state index contributed by atoms with van der Waals surface area (Å²) in [5.41, 5.74) is 2.43. The molecule has 2 N–H and O–H groups in total. The molecule has 0 unspecified atom stereocenters. The van der Waals surface area contributed by atoms with Gasteiger partial charge < -0.3 is 15.3 Å². The lowest BCUT2D eigenvalue weighted by atomic mass is 10.1. The Balaban J connectivity index is 1.49. The summed E-state index contributed by atoms with van der Waals surface area (Å²) in [6.45, 7) is 2.95. The number of hydrogen-bond acceptors (Lipinski definition) is 4. The number of piperidine rings is 1. The number of amides is 1. The molecule has 1 amide bonds. The van der Waals surface area contributed by atoms with Gasteiger partial charge in [0, 0.05) is 31.5 Å². The highest BCUT2D eigenvalue weighted by Gasteiger charge is 2.16. The molecule has 0 radical (unpaired) electrons. The molecule has 0 aliphatic carbocycles. The summed E-state index contributed by atoms with van der Waals surface area (Å²) in [6.07, 6.45) is 4.21. The number of pyridine rings is 1. The van der Waals surface area contributed by atoms with Gasteiger partial charge >= 0.3 is 0 Å². The predicted molar refractivity (Wildman–Crippen MR) is 94.0 cm³/mol. The molecular formula is C19H23N3O2. The van der Waals surface area contributed by atoms with Gasteiger partial charge in [-0.05, 0) is 49.1 Å². The lowest BCUT2D eigenvalue weighted by Crippen LogP contribution is -2.37. The maximum Gasteiger partial charge on any atom is 0.274 e. The van der Waals surface area contributed by atoms with Crippen molar-refractivity contribution in [3.05, 3.63) is 59.9 Å². The van der Waals surface area contributed by atoms with Crippen molar-refractivity contribution in [2.24, 2.45) is 0 Å². The number of aliphatic hydroxyl groups excluding tert-OH is 1. The summed E-state index contributed by atoms with van der Waals surface area (Å²) < 4.78 is 0. The van der Waals surface area contributed by atoms with Crippen LogP contribution in [0.2, 0.25) is 0 Å². The van der Waals surface area contributed by atoms with Crippen LogP contribution >= 0.6 is 0 Å². The zero-order valence-electron chi connectivity index (χ0n) is 13.7. The molecule has 1 aromatic heterocycles. The first-order valence-corrected chi connectivity index (χ1v) is 8.42. The van der Waals surface area contributed by atoms with Gasteiger partial charge in [0.15, 0.2) is 0 Å². The molecular weight excluding hydrogens is 302 g/mol. The number of hydrogen-bond donors (Lipinski definition) is 2. The Morgan fingerprint density at radius 2 is 1.92 bits per heavy atom. The van der Waals surface area contributed by atoms with E-state index in [4.69, 9.17) is 0 Å². The number of rotatable bonds is 5. The highest BCUT2D eigenvalue weighted by molar-refractivity contribution is 6.02. The predicted octanol–water partition coefficient (Wildman–Crippen LogP) is 2.33. The van der Waals surface area contributed by atoms with Gasteiger partial charge in [-0.25, -0.2) is 0 Å². The summed E-state index contributed by atoms with van der Waals surface area (Å²) in [7, 11) is 0. The first kappa shape index (κ1) is 16.6. The minimum atomic E-state index is -0.199. The van der Waals surface area contributed by atoms with Gasteiger partial charge in [-0.2, -0.15) is 0 Å². The van der Waals surface area contributed by atoms with Crippen molar-refractivity contribution in [3.8, 4) is 0 Å². The Kier molecular flexibility index (Phi) is 5.56. The van der Waals surface area contributed by atoms with Gasteiger partial charge in [-0.3, -0.25) is 9.78 Å². The average Bonchev–Trinajstić information content (AvgIpc) is 2.63. The van der Waals surface area contributed by atoms with Crippen LogP contribution in [0.1, 0.15) is 28.9 Å². The van der Waals surface area contributed by atoms with E-state index in [2.05, 4.69) is 15.2 Å². The van der Waals surface area contributed by atoms with Gasteiger partial charge in [0.2, 0.25) is 0 Å². The fourth-order valence-electron chi connectivity index (χ4n) is 2.88. The van der Waals surface area contributed by atoms with Crippen molar-refractivity contribution in [3.63, 3.8) is 0 Å². The van der Waals surface area contributed by atoms with E-state index in [-0.39, 0.29) is 12.0 Å². The number of aliphatic hydroxyl groups is 1. The molecule has 2 heterocycles. The van der Waals surface area contributed by atoms with Gasteiger partial charge in [-0.15, -0.1) is 0 Å². The van der Waals surface area contributed by atoms with E-state index in [9.17, 15) is 9.90 Å². The first-order valence-electron chi connectivity index (χ1n) is 8.42. The third-order valence-electron chi connectivity index (χ3n) is 4.38. The molecule has 1 aromatic carbocycles. The Morgan fingerprint density at radius 3 is 2.58 bits per heavy atom. The molecule has 5 heteroatoms. The maximum absolute atomic E-state index is 12.1. The van der Waals surface area contributed by atoms with E-state index in [1.54, 1.807) is 24.4 Å². The molecule has 2 aromatic rings. The summed E-state index contributed by atoms with van der Waals surface area (Å²) >= 11 is 0. The summed E-state index contributed by atoms with van der Waals surface area (Å²) in [6, 6.07) is 13.2. The quantitative estimate of drug-likeness (QED) is 0.885. The maximum atomic E-state index is 12.1. The van der Waals surface area contributed by atoms with Crippen LogP contribution in [0, 0.1) is 0 Å². The van der Waals surface area contributed by atoms with Crippen molar-refractivity contribution in [2.45, 2.75) is 25.4 Å². The van der Waals surface area contributed by atoms with Crippen LogP contribution in [0.4, 0.5) is 5.69 Å². The van der Waals surface area contributed by atoms with Gasteiger partial charge in [0.25, 0.3) is 5.91 Å². The molecule has 0 bridgehead atoms. The highest BCUT2D eigenvalue weighted by atomic mass is 16.3. The highest BCUT2D eigenvalue weighted by Crippen LogP contribution is 2.14. The molecule has 5 nitrogen and oxygen atoms in total. The fourth-order valence-corrected chi connectivity index (χ4v) is 2.88. The van der Waals surface area contributed by atoms with Crippen LogP contribution in [0.3, 0.4) is 0 Å². The SMILES string of the molecule is O=C(Nc1ccc(CCN2CCC(O)CC2)cc1)c1ccccn1. The van der Waals surface area contributed by atoms with Crippen molar-refractivity contribution in [2.75, 3.05) is 25.0 Å². The van der Waals surface area contributed by atoms with E-state index in [1.165, 1.54) is 5.56 Å². The topological polar surface area (TPSA) is 65.5 Å². The molecule has 1 fully saturated rings. The minimum absolute atomic E-state index is 0.122. The zero-order chi connectivity index (χ0) is 16.8. The number of anilines is 1. The number of likely N-dealkylation sites (tertiary alicyclic amines) is 1. The van der Waals surface area contributed by atoms with Crippen LogP contribution in [-0.4, -0.2) is 46.6 Å². The second-order valence-electron chi connectivity index (χ2n) is 6.19. The van der Waals surface area contributed by atoms with E-state index in [0.29, 0.717) is 5.69 Å². The fraction of sp³-hybridized carbons (Fsp3) is 0.368. The first-order chi connectivity index (χ1) is 11.7. The number of carbonyl (C=O) groups is 1. The smallest absolute Gasteiger partial charge is 0.274 e. The Labute approximate surface area is 142 Å². The second-order valence-corrected chi connectivity index (χ2v) is 6.19. The average molecular weight is 325 g/mol. The van der Waals surface area contributed by atoms with Crippen LogP contribution in [0.15, 0.2) is 48.7 Å². The Hall–Kier alpha value is -2.24. The largest absolute Gasteiger partial charge is 0.393 e. The number of carbonyl (C=O) groups excluding carboxylic acids is 1. The summed E-state index contributed by atoms with van der Waals surface area (Å²) in [4.78, 5) is 18.5. The molecule has 0 atom stereocenters. The van der Waals surface area contributed by atoms with Crippen molar-refractivity contribution >= 4 is 11.6 Å². The van der Waals surface area contributed by atoms with Gasteiger partial charge in [-0.1, -0.05) is 18.2 Å². The van der Waals surface area contributed by atoms with E-state index >= 15 is 0 Å². The van der Waals surface area contributed by atoms with Crippen molar-refractivity contribution < 1.29 is 9.90 Å². The van der Waals surface area contributed by atoms with Gasteiger partial charge in [0.1, 0.15) is 5.69 Å². The number of nitrogens with zero attached hydrogens (tertiary/aromatic N) is 2. The molecule has 0 spiro atoms. The number of aromatic nitrogens is 1. The van der Waals surface area contributed by atoms with Crippen LogP contribution in [0.5, 0.6) is 0 Å². The third kappa shape index (κ3) is 4.63. The molecule has 3 rings (SSSR count). The standard InChI is InChI=1S/C19H23N3O2/c23-17-9-13-22(14-10-17)12-8-15-4-6-16(7-5-15)21-19(24)18-3-1-2-11-20-18/h1-7,11,17,23H,8-10,12-14H2,(H,21,24). The zero-order valence-corrected chi connectivity index (χ0v) is 13.7. The Bertz CT molecular complexity index is 650. The van der Waals surface area contributed by atoms with Gasteiger partial charge in [0.05, 0.1) is 6.10 Å². The lowest BCUT2D eigenvalue weighted by molar-refractivity contribution is 0.0832. The summed E-state index contributed by atoms with van der Waals surface area (Å²) in [5, 5.41) is 12.4. The lowest BCUT2D eigenvalue weighted by Gasteiger charge is -2.29. The van der Waals surface area contributed by atoms with Crippen molar-refractivity contribution in [1.82, 2.24) is 9.88 Å². The van der Waals surface area contributed by atoms with Crippen LogP contribution in [0.25, 0.3) is 0 Å². The number of nitrogens with one attached hydrogen (secondary N) is 1. The summed E-state index contributed by atoms with van der Waals surface area (Å²) in [5.74, 6) is -0.199. The number of benzene rings is 1. The Morgan fingerprint density at radius 1 is 1.17 bits per heavy atom.